The van der Waals surface area contributed by atoms with Crippen molar-refractivity contribution >= 4 is 0 Å². The van der Waals surface area contributed by atoms with Crippen LogP contribution < -0.4 is 10.1 Å². The fraction of sp³-hybridized carbons (Fsp3) is 0.500. The van der Waals surface area contributed by atoms with Crippen molar-refractivity contribution in [1.82, 2.24) is 10.3 Å². The maximum absolute atomic E-state index is 8.99. The van der Waals surface area contributed by atoms with E-state index in [1.807, 2.05) is 12.3 Å². The third-order valence-corrected chi connectivity index (χ3v) is 2.95. The Labute approximate surface area is 95.3 Å². The van der Waals surface area contributed by atoms with Gasteiger partial charge in [-0.05, 0) is 36.9 Å². The van der Waals surface area contributed by atoms with Crippen molar-refractivity contribution in [3.05, 3.63) is 23.4 Å². The lowest BCUT2D eigenvalue weighted by Gasteiger charge is -2.23. The Morgan fingerprint density at radius 3 is 3.12 bits per heavy atom. The highest BCUT2D eigenvalue weighted by Crippen LogP contribution is 2.25. The monoisotopic (exact) mass is 217 g/mol. The second-order valence-electron chi connectivity index (χ2n) is 3.98. The molecule has 0 aliphatic carbocycles. The van der Waals surface area contributed by atoms with Crippen molar-refractivity contribution < 1.29 is 4.74 Å². The molecule has 2 rings (SSSR count). The van der Waals surface area contributed by atoms with E-state index >= 15 is 0 Å². The highest BCUT2D eigenvalue weighted by molar-refractivity contribution is 5.41. The van der Waals surface area contributed by atoms with Crippen LogP contribution in [0.15, 0.2) is 12.3 Å². The number of aromatic nitrogens is 1. The number of ether oxygens (including phenoxy) is 1. The zero-order chi connectivity index (χ0) is 11.4. The lowest BCUT2D eigenvalue weighted by Crippen LogP contribution is -2.28. The van der Waals surface area contributed by atoms with Crippen LogP contribution in [0.2, 0.25) is 0 Å². The van der Waals surface area contributed by atoms with Gasteiger partial charge in [0, 0.05) is 12.7 Å². The molecule has 0 saturated carbocycles. The summed E-state index contributed by atoms with van der Waals surface area (Å²) < 4.78 is 5.03. The number of rotatable bonds is 2. The van der Waals surface area contributed by atoms with Gasteiger partial charge in [-0.1, -0.05) is 0 Å². The van der Waals surface area contributed by atoms with Crippen LogP contribution >= 0.6 is 0 Å². The van der Waals surface area contributed by atoms with Crippen molar-refractivity contribution in [1.29, 1.82) is 5.26 Å². The fourth-order valence-corrected chi connectivity index (χ4v) is 2.07. The quantitative estimate of drug-likeness (QED) is 0.814. The Kier molecular flexibility index (Phi) is 3.37. The van der Waals surface area contributed by atoms with Gasteiger partial charge in [-0.3, -0.25) is 0 Å². The first-order valence-electron chi connectivity index (χ1n) is 5.50. The number of hydrogen-bond acceptors (Lipinski definition) is 4. The molecule has 1 aliphatic rings. The van der Waals surface area contributed by atoms with Gasteiger partial charge in [-0.2, -0.15) is 5.26 Å². The summed E-state index contributed by atoms with van der Waals surface area (Å²) in [6.45, 7) is 2.06. The standard InChI is InChI=1S/C12H15N3O/c1-16-12-10(6-13)5-11(8-15-12)9-3-2-4-14-7-9/h5,8-9,14H,2-4,7H2,1H3. The first-order valence-corrected chi connectivity index (χ1v) is 5.50. The van der Waals surface area contributed by atoms with Crippen molar-refractivity contribution in [2.24, 2.45) is 0 Å². The summed E-state index contributed by atoms with van der Waals surface area (Å²) in [5.41, 5.74) is 1.65. The van der Waals surface area contributed by atoms with Crippen LogP contribution in [0.1, 0.15) is 29.9 Å². The van der Waals surface area contributed by atoms with Crippen LogP contribution in [0.25, 0.3) is 0 Å². The fourth-order valence-electron chi connectivity index (χ4n) is 2.07. The van der Waals surface area contributed by atoms with E-state index < -0.39 is 0 Å². The molecule has 0 radical (unpaired) electrons. The SMILES string of the molecule is COc1ncc(C2CCCNC2)cc1C#N. The summed E-state index contributed by atoms with van der Waals surface area (Å²) in [7, 11) is 1.53. The molecule has 84 valence electrons. The van der Waals surface area contributed by atoms with Crippen LogP contribution in [-0.4, -0.2) is 25.2 Å². The summed E-state index contributed by atoms with van der Waals surface area (Å²) in [6.07, 6.45) is 4.15. The molecule has 1 aliphatic heterocycles. The van der Waals surface area contributed by atoms with Crippen LogP contribution in [0.4, 0.5) is 0 Å². The predicted octanol–water partition coefficient (Wildman–Crippen LogP) is 1.43. The Morgan fingerprint density at radius 2 is 2.50 bits per heavy atom. The second kappa shape index (κ2) is 4.95. The van der Waals surface area contributed by atoms with Gasteiger partial charge in [0.25, 0.3) is 0 Å². The van der Waals surface area contributed by atoms with Gasteiger partial charge in [0.1, 0.15) is 11.6 Å². The number of nitrogens with zero attached hydrogens (tertiary/aromatic N) is 2. The molecule has 1 atom stereocenters. The molecule has 16 heavy (non-hydrogen) atoms. The van der Waals surface area contributed by atoms with Crippen LogP contribution in [0.3, 0.4) is 0 Å². The van der Waals surface area contributed by atoms with E-state index in [4.69, 9.17) is 10.00 Å². The number of nitrogens with one attached hydrogen (secondary N) is 1. The summed E-state index contributed by atoms with van der Waals surface area (Å²) in [6, 6.07) is 4.01. The lowest BCUT2D eigenvalue weighted by molar-refractivity contribution is 0.395. The van der Waals surface area contributed by atoms with E-state index in [0.29, 0.717) is 17.4 Å². The highest BCUT2D eigenvalue weighted by Gasteiger charge is 2.17. The van der Waals surface area contributed by atoms with E-state index in [9.17, 15) is 0 Å². The molecular weight excluding hydrogens is 202 g/mol. The maximum atomic E-state index is 8.99. The minimum absolute atomic E-state index is 0.412. The van der Waals surface area contributed by atoms with Gasteiger partial charge >= 0.3 is 0 Å². The molecule has 1 N–H and O–H groups in total. The first-order chi connectivity index (χ1) is 7.85. The molecule has 1 aromatic rings. The molecule has 1 fully saturated rings. The van der Waals surface area contributed by atoms with Crippen molar-refractivity contribution in [2.45, 2.75) is 18.8 Å². The summed E-state index contributed by atoms with van der Waals surface area (Å²) in [5.74, 6) is 0.884. The van der Waals surface area contributed by atoms with Gasteiger partial charge in [0.15, 0.2) is 0 Å². The zero-order valence-corrected chi connectivity index (χ0v) is 9.36. The van der Waals surface area contributed by atoms with Gasteiger partial charge in [-0.15, -0.1) is 0 Å². The number of nitriles is 1. The van der Waals surface area contributed by atoms with Gasteiger partial charge in [0.05, 0.1) is 7.11 Å². The van der Waals surface area contributed by atoms with Gasteiger partial charge in [0.2, 0.25) is 5.88 Å². The third-order valence-electron chi connectivity index (χ3n) is 2.95. The summed E-state index contributed by atoms with van der Waals surface area (Å²) in [4.78, 5) is 4.17. The minimum atomic E-state index is 0.412. The minimum Gasteiger partial charge on any atom is -0.480 e. The Balaban J connectivity index is 2.25. The van der Waals surface area contributed by atoms with E-state index in [1.165, 1.54) is 13.5 Å². The second-order valence-corrected chi connectivity index (χ2v) is 3.98. The molecule has 4 nitrogen and oxygen atoms in total. The third kappa shape index (κ3) is 2.15. The maximum Gasteiger partial charge on any atom is 0.231 e. The van der Waals surface area contributed by atoms with E-state index in [-0.39, 0.29) is 0 Å². The van der Waals surface area contributed by atoms with Crippen LogP contribution in [-0.2, 0) is 0 Å². The molecule has 1 unspecified atom stereocenters. The highest BCUT2D eigenvalue weighted by atomic mass is 16.5. The average Bonchev–Trinajstić information content (AvgIpc) is 2.39. The van der Waals surface area contributed by atoms with Gasteiger partial charge < -0.3 is 10.1 Å². The summed E-state index contributed by atoms with van der Waals surface area (Å²) in [5, 5.41) is 12.3. The predicted molar refractivity (Wildman–Crippen MR) is 60.3 cm³/mol. The van der Waals surface area contributed by atoms with E-state index in [1.54, 1.807) is 0 Å². The normalized spacial score (nSPS) is 20.1. The van der Waals surface area contributed by atoms with Crippen molar-refractivity contribution in [3.8, 4) is 11.9 Å². The topological polar surface area (TPSA) is 57.9 Å². The molecule has 1 aromatic heterocycles. The number of piperidine rings is 1. The smallest absolute Gasteiger partial charge is 0.231 e. The molecule has 4 heteroatoms. The number of methoxy groups -OCH3 is 1. The average molecular weight is 217 g/mol. The molecular formula is C12H15N3O. The Bertz CT molecular complexity index is 405. The first kappa shape index (κ1) is 10.9. The van der Waals surface area contributed by atoms with E-state index in [2.05, 4.69) is 16.4 Å². The Morgan fingerprint density at radius 1 is 1.62 bits per heavy atom. The van der Waals surface area contributed by atoms with Gasteiger partial charge in [-0.25, -0.2) is 4.98 Å². The molecule has 0 spiro atoms. The number of hydrogen-bond donors (Lipinski definition) is 1. The van der Waals surface area contributed by atoms with Crippen LogP contribution in [0.5, 0.6) is 5.88 Å². The molecule has 2 heterocycles. The Hall–Kier alpha value is -1.60. The van der Waals surface area contributed by atoms with Crippen molar-refractivity contribution in [3.63, 3.8) is 0 Å². The largest absolute Gasteiger partial charge is 0.480 e. The number of pyridine rings is 1. The molecule has 0 bridgehead atoms. The summed E-state index contributed by atoms with van der Waals surface area (Å²) >= 11 is 0. The van der Waals surface area contributed by atoms with Crippen molar-refractivity contribution in [2.75, 3.05) is 20.2 Å². The molecule has 0 aromatic carbocycles. The van der Waals surface area contributed by atoms with E-state index in [0.717, 1.165) is 25.1 Å². The lowest BCUT2D eigenvalue weighted by atomic mass is 9.92. The molecule has 0 amide bonds. The molecule has 1 saturated heterocycles. The zero-order valence-electron chi connectivity index (χ0n) is 9.36. The van der Waals surface area contributed by atoms with Crippen LogP contribution in [0, 0.1) is 11.3 Å².